The van der Waals surface area contributed by atoms with Gasteiger partial charge in [-0.05, 0) is 43.2 Å². The van der Waals surface area contributed by atoms with Crippen molar-refractivity contribution in [1.82, 2.24) is 5.32 Å². The molecular weight excluding hydrogens is 454 g/mol. The first kappa shape index (κ1) is 23.1. The first-order valence-corrected chi connectivity index (χ1v) is 11.5. The number of hydrazone groups is 1. The number of nitrogens with zero attached hydrogens (tertiary/aromatic N) is 2. The molecule has 180 valence electrons. The maximum atomic E-state index is 12.8. The number of anilines is 1. The number of nitrogens with one attached hydrogen (secondary N) is 1. The van der Waals surface area contributed by atoms with E-state index in [1.165, 1.54) is 16.6 Å². The highest BCUT2D eigenvalue weighted by Gasteiger charge is 2.26. The van der Waals surface area contributed by atoms with Crippen molar-refractivity contribution < 1.29 is 18.7 Å². The highest BCUT2D eigenvalue weighted by atomic mass is 16.5. The minimum Gasteiger partial charge on any atom is -0.496 e. The fourth-order valence-electron chi connectivity index (χ4n) is 4.21. The molecule has 2 amide bonds. The van der Waals surface area contributed by atoms with Crippen molar-refractivity contribution in [2.75, 3.05) is 12.1 Å². The molecule has 36 heavy (non-hydrogen) atoms. The first-order valence-electron chi connectivity index (χ1n) is 11.5. The number of ether oxygens (including phenoxy) is 1. The van der Waals surface area contributed by atoms with Gasteiger partial charge < -0.3 is 14.5 Å². The smallest absolute Gasteiger partial charge is 0.255 e. The number of aryl methyl sites for hydroxylation is 1. The molecule has 0 aliphatic carbocycles. The first-order chi connectivity index (χ1) is 17.4. The molecule has 0 saturated carbocycles. The summed E-state index contributed by atoms with van der Waals surface area (Å²) in [4.78, 5) is 25.2. The summed E-state index contributed by atoms with van der Waals surface area (Å²) in [5, 5.41) is 9.24. The second kappa shape index (κ2) is 9.54. The summed E-state index contributed by atoms with van der Waals surface area (Å²) in [7, 11) is 1.58. The Morgan fingerprint density at radius 3 is 2.58 bits per heavy atom. The number of fused-ring (bicyclic) bond motifs is 1. The summed E-state index contributed by atoms with van der Waals surface area (Å²) < 4.78 is 11.4. The van der Waals surface area contributed by atoms with Crippen molar-refractivity contribution in [1.29, 1.82) is 0 Å². The third kappa shape index (κ3) is 4.51. The van der Waals surface area contributed by atoms with E-state index in [1.54, 1.807) is 25.5 Å². The Morgan fingerprint density at radius 1 is 1.11 bits per heavy atom. The van der Waals surface area contributed by atoms with Gasteiger partial charge >= 0.3 is 0 Å². The van der Waals surface area contributed by atoms with Crippen molar-refractivity contribution in [2.24, 2.45) is 5.10 Å². The van der Waals surface area contributed by atoms with Gasteiger partial charge in [0, 0.05) is 28.7 Å². The number of para-hydroxylation sites is 1. The van der Waals surface area contributed by atoms with Crippen LogP contribution in [0.3, 0.4) is 0 Å². The van der Waals surface area contributed by atoms with Crippen molar-refractivity contribution in [3.63, 3.8) is 0 Å². The normalized spacial score (nSPS) is 13.8. The van der Waals surface area contributed by atoms with Crippen LogP contribution >= 0.6 is 0 Å². The van der Waals surface area contributed by atoms with Crippen LogP contribution in [0.25, 0.3) is 27.7 Å². The van der Waals surface area contributed by atoms with Crippen LogP contribution in [0.4, 0.5) is 5.69 Å². The van der Waals surface area contributed by atoms with Gasteiger partial charge in [0.2, 0.25) is 5.91 Å². The van der Waals surface area contributed by atoms with E-state index in [4.69, 9.17) is 9.15 Å². The number of hydrogen-bond donors (Lipinski definition) is 1. The number of hydrogen-bond acceptors (Lipinski definition) is 5. The number of amidine groups is 1. The molecule has 4 aromatic rings. The zero-order chi connectivity index (χ0) is 25.2. The van der Waals surface area contributed by atoms with E-state index in [9.17, 15) is 9.59 Å². The molecule has 0 spiro atoms. The molecule has 0 atom stereocenters. The SMILES string of the molecule is COc1cc2occ(-c3ccc(C)cc3)c2cc1/C(C)=C/C(=O)NC1=NN(c2ccccc2)C(=O)C1. The van der Waals surface area contributed by atoms with Crippen LogP contribution in [0.2, 0.25) is 0 Å². The van der Waals surface area contributed by atoms with E-state index >= 15 is 0 Å². The third-order valence-corrected chi connectivity index (χ3v) is 6.07. The summed E-state index contributed by atoms with van der Waals surface area (Å²) in [6.07, 6.45) is 3.24. The van der Waals surface area contributed by atoms with Crippen LogP contribution in [0.5, 0.6) is 5.75 Å². The number of rotatable bonds is 5. The molecule has 7 nitrogen and oxygen atoms in total. The molecule has 2 heterocycles. The molecule has 1 N–H and O–H groups in total. The molecule has 1 aliphatic rings. The van der Waals surface area contributed by atoms with E-state index < -0.39 is 0 Å². The summed E-state index contributed by atoms with van der Waals surface area (Å²) >= 11 is 0. The number of allylic oxidation sites excluding steroid dienone is 1. The van der Waals surface area contributed by atoms with Crippen LogP contribution in [-0.2, 0) is 9.59 Å². The average Bonchev–Trinajstić information content (AvgIpc) is 3.46. The van der Waals surface area contributed by atoms with Gasteiger partial charge in [0.1, 0.15) is 17.2 Å². The lowest BCUT2D eigenvalue weighted by atomic mass is 9.99. The second-order valence-electron chi connectivity index (χ2n) is 8.65. The predicted molar refractivity (Wildman–Crippen MR) is 141 cm³/mol. The van der Waals surface area contributed by atoms with Gasteiger partial charge in [0.15, 0.2) is 0 Å². The molecule has 0 fully saturated rings. The highest BCUT2D eigenvalue weighted by Crippen LogP contribution is 2.37. The van der Waals surface area contributed by atoms with Gasteiger partial charge in [-0.15, -0.1) is 0 Å². The Labute approximate surface area is 208 Å². The lowest BCUT2D eigenvalue weighted by Crippen LogP contribution is -2.28. The Hall–Kier alpha value is -4.65. The van der Waals surface area contributed by atoms with Crippen LogP contribution in [0.15, 0.2) is 88.6 Å². The number of carbonyl (C=O) groups excluding carboxylic acids is 2. The molecule has 0 unspecified atom stereocenters. The Balaban J connectivity index is 1.42. The minimum absolute atomic E-state index is 0.0255. The van der Waals surface area contributed by atoms with E-state index in [0.29, 0.717) is 28.4 Å². The topological polar surface area (TPSA) is 84.1 Å². The highest BCUT2D eigenvalue weighted by molar-refractivity contribution is 6.17. The van der Waals surface area contributed by atoms with E-state index in [2.05, 4.69) is 34.7 Å². The summed E-state index contributed by atoms with van der Waals surface area (Å²) in [5.41, 5.74) is 6.01. The number of amides is 2. The van der Waals surface area contributed by atoms with E-state index in [-0.39, 0.29) is 18.2 Å². The Morgan fingerprint density at radius 2 is 1.86 bits per heavy atom. The number of methoxy groups -OCH3 is 1. The quantitative estimate of drug-likeness (QED) is 0.373. The van der Waals surface area contributed by atoms with Gasteiger partial charge in [-0.2, -0.15) is 10.1 Å². The zero-order valence-electron chi connectivity index (χ0n) is 20.2. The molecule has 0 radical (unpaired) electrons. The molecule has 5 rings (SSSR count). The number of benzene rings is 3. The van der Waals surface area contributed by atoms with Gasteiger partial charge in [-0.1, -0.05) is 48.0 Å². The van der Waals surface area contributed by atoms with Crippen LogP contribution in [-0.4, -0.2) is 24.8 Å². The van der Waals surface area contributed by atoms with Gasteiger partial charge in [0.05, 0.1) is 25.5 Å². The molecule has 1 aromatic heterocycles. The van der Waals surface area contributed by atoms with Crippen LogP contribution in [0.1, 0.15) is 24.5 Å². The third-order valence-electron chi connectivity index (χ3n) is 6.07. The monoisotopic (exact) mass is 479 g/mol. The Bertz CT molecular complexity index is 1520. The van der Waals surface area contributed by atoms with Gasteiger partial charge in [0.25, 0.3) is 5.91 Å². The van der Waals surface area contributed by atoms with Crippen molar-refractivity contribution in [3.8, 4) is 16.9 Å². The summed E-state index contributed by atoms with van der Waals surface area (Å²) in [5.74, 6) is 0.323. The molecule has 0 bridgehead atoms. The fourth-order valence-corrected chi connectivity index (χ4v) is 4.21. The second-order valence-corrected chi connectivity index (χ2v) is 8.65. The Kier molecular flexibility index (Phi) is 6.12. The molecule has 7 heteroatoms. The van der Waals surface area contributed by atoms with Gasteiger partial charge in [-0.25, -0.2) is 0 Å². The summed E-state index contributed by atoms with van der Waals surface area (Å²) in [6.45, 7) is 3.89. The van der Waals surface area contributed by atoms with E-state index in [1.807, 2.05) is 44.2 Å². The lowest BCUT2D eigenvalue weighted by molar-refractivity contribution is -0.116. The number of carbonyl (C=O) groups is 2. The van der Waals surface area contributed by atoms with Crippen LogP contribution < -0.4 is 15.1 Å². The van der Waals surface area contributed by atoms with Crippen molar-refractivity contribution >= 4 is 39.9 Å². The largest absolute Gasteiger partial charge is 0.496 e. The van der Waals surface area contributed by atoms with E-state index in [0.717, 1.165) is 22.1 Å². The standard InChI is InChI=1S/C29H25N3O4/c1-18-9-11-20(12-10-18)24-17-36-26-15-25(35-3)22(14-23(24)26)19(2)13-28(33)30-27-16-29(34)32(31-27)21-7-5-4-6-8-21/h4-15,17H,16H2,1-3H3,(H,30,31,33)/b19-13+. The molecular formula is C29H25N3O4. The minimum atomic E-state index is -0.373. The summed E-state index contributed by atoms with van der Waals surface area (Å²) in [6, 6.07) is 21.1. The average molecular weight is 480 g/mol. The molecule has 3 aromatic carbocycles. The lowest BCUT2D eigenvalue weighted by Gasteiger charge is -2.10. The number of furan rings is 1. The molecule has 0 saturated heterocycles. The predicted octanol–water partition coefficient (Wildman–Crippen LogP) is 5.69. The zero-order valence-corrected chi connectivity index (χ0v) is 20.2. The van der Waals surface area contributed by atoms with Crippen molar-refractivity contribution in [3.05, 3.63) is 90.2 Å². The fraction of sp³-hybridized carbons (Fsp3) is 0.138. The van der Waals surface area contributed by atoms with Crippen molar-refractivity contribution in [2.45, 2.75) is 20.3 Å². The maximum Gasteiger partial charge on any atom is 0.255 e. The van der Waals surface area contributed by atoms with Gasteiger partial charge in [-0.3, -0.25) is 9.59 Å². The maximum absolute atomic E-state index is 12.8. The molecule has 1 aliphatic heterocycles. The van der Waals surface area contributed by atoms with Crippen LogP contribution in [0, 0.1) is 6.92 Å².